The molecule has 0 radical (unpaired) electrons. The Bertz CT molecular complexity index is 288. The van der Waals surface area contributed by atoms with Crippen LogP contribution < -0.4 is 5.48 Å². The Labute approximate surface area is 150 Å². The van der Waals surface area contributed by atoms with Gasteiger partial charge in [-0.2, -0.15) is 0 Å². The molecule has 0 spiro atoms. The minimum absolute atomic E-state index is 0.202. The van der Waals surface area contributed by atoms with E-state index in [1.807, 2.05) is 19.3 Å². The van der Waals surface area contributed by atoms with Gasteiger partial charge in [-0.15, -0.1) is 0 Å². The zero-order valence-corrected chi connectivity index (χ0v) is 16.7. The highest BCUT2D eigenvalue weighted by molar-refractivity contribution is 5.81. The zero-order valence-electron chi connectivity index (χ0n) is 16.7. The zero-order chi connectivity index (χ0) is 18.1. The number of carbonyl (C=O) groups excluding carboxylic acids is 1. The SMILES string of the molecule is CCCCCCCCCCCCCCCC(CC)(CC)C(=O)NO. The minimum atomic E-state index is -0.369. The van der Waals surface area contributed by atoms with Gasteiger partial charge in [0.15, 0.2) is 0 Å². The van der Waals surface area contributed by atoms with Gasteiger partial charge in [0.05, 0.1) is 5.41 Å². The van der Waals surface area contributed by atoms with Gasteiger partial charge < -0.3 is 0 Å². The monoisotopic (exact) mass is 341 g/mol. The van der Waals surface area contributed by atoms with Crippen molar-refractivity contribution in [1.82, 2.24) is 5.48 Å². The lowest BCUT2D eigenvalue weighted by atomic mass is 9.77. The fourth-order valence-corrected chi connectivity index (χ4v) is 3.64. The van der Waals surface area contributed by atoms with E-state index >= 15 is 0 Å². The van der Waals surface area contributed by atoms with Crippen molar-refractivity contribution in [2.75, 3.05) is 0 Å². The average molecular weight is 342 g/mol. The quantitative estimate of drug-likeness (QED) is 0.174. The molecule has 0 saturated heterocycles. The van der Waals surface area contributed by atoms with Crippen molar-refractivity contribution in [2.24, 2.45) is 5.41 Å². The topological polar surface area (TPSA) is 49.3 Å². The summed E-state index contributed by atoms with van der Waals surface area (Å²) in [5.74, 6) is -0.202. The molecule has 0 bridgehead atoms. The highest BCUT2D eigenvalue weighted by Crippen LogP contribution is 2.33. The number of rotatable bonds is 17. The smallest absolute Gasteiger partial charge is 0.249 e. The predicted octanol–water partition coefficient (Wildman–Crippen LogP) is 6.78. The first-order valence-electron chi connectivity index (χ1n) is 10.6. The van der Waals surface area contributed by atoms with Crippen molar-refractivity contribution in [1.29, 1.82) is 0 Å². The van der Waals surface area contributed by atoms with Gasteiger partial charge in [-0.3, -0.25) is 10.0 Å². The summed E-state index contributed by atoms with van der Waals surface area (Å²) < 4.78 is 0. The first-order chi connectivity index (χ1) is 11.7. The molecule has 0 aromatic carbocycles. The van der Waals surface area contributed by atoms with Gasteiger partial charge in [0.25, 0.3) is 0 Å². The molecule has 0 aromatic heterocycles. The molecule has 0 aliphatic carbocycles. The Morgan fingerprint density at radius 1 is 0.708 bits per heavy atom. The summed E-state index contributed by atoms with van der Waals surface area (Å²) >= 11 is 0. The molecule has 0 atom stereocenters. The van der Waals surface area contributed by atoms with Gasteiger partial charge in [-0.25, -0.2) is 5.48 Å². The van der Waals surface area contributed by atoms with Crippen LogP contribution in [0.2, 0.25) is 0 Å². The molecule has 24 heavy (non-hydrogen) atoms. The van der Waals surface area contributed by atoms with Gasteiger partial charge in [0, 0.05) is 0 Å². The second-order valence-corrected chi connectivity index (χ2v) is 7.42. The second kappa shape index (κ2) is 15.9. The molecule has 0 aromatic rings. The van der Waals surface area contributed by atoms with Gasteiger partial charge >= 0.3 is 0 Å². The Morgan fingerprint density at radius 2 is 1.08 bits per heavy atom. The van der Waals surface area contributed by atoms with Crippen LogP contribution in [0.1, 0.15) is 124 Å². The molecule has 0 heterocycles. The summed E-state index contributed by atoms with van der Waals surface area (Å²) in [7, 11) is 0. The van der Waals surface area contributed by atoms with Crippen LogP contribution in [0, 0.1) is 5.41 Å². The molecular formula is C21H43NO2. The van der Waals surface area contributed by atoms with E-state index in [1.165, 1.54) is 77.0 Å². The molecule has 3 nitrogen and oxygen atoms in total. The molecule has 0 aliphatic rings. The Morgan fingerprint density at radius 3 is 1.42 bits per heavy atom. The molecule has 1 amide bonds. The second-order valence-electron chi connectivity index (χ2n) is 7.42. The lowest BCUT2D eigenvalue weighted by Crippen LogP contribution is -2.38. The summed E-state index contributed by atoms with van der Waals surface area (Å²) in [6.07, 6.45) is 19.9. The number of hydrogen-bond acceptors (Lipinski definition) is 2. The minimum Gasteiger partial charge on any atom is -0.289 e. The van der Waals surface area contributed by atoms with Crippen LogP contribution in [0.25, 0.3) is 0 Å². The molecule has 3 heteroatoms. The summed E-state index contributed by atoms with van der Waals surface area (Å²) in [6.45, 7) is 6.36. The van der Waals surface area contributed by atoms with Crippen LogP contribution in [-0.2, 0) is 4.79 Å². The van der Waals surface area contributed by atoms with Gasteiger partial charge in [-0.05, 0) is 19.3 Å². The standard InChI is InChI=1S/C21H43NO2/c1-4-7-8-9-10-11-12-13-14-15-16-17-18-19-21(5-2,6-3)20(23)22-24/h24H,4-19H2,1-3H3,(H,22,23). The van der Waals surface area contributed by atoms with E-state index in [4.69, 9.17) is 5.21 Å². The van der Waals surface area contributed by atoms with E-state index in [0.717, 1.165) is 25.7 Å². The molecular weight excluding hydrogens is 298 g/mol. The third kappa shape index (κ3) is 10.3. The van der Waals surface area contributed by atoms with Crippen molar-refractivity contribution in [2.45, 2.75) is 124 Å². The van der Waals surface area contributed by atoms with E-state index < -0.39 is 0 Å². The first kappa shape index (κ1) is 23.4. The van der Waals surface area contributed by atoms with E-state index in [0.29, 0.717) is 0 Å². The number of unbranched alkanes of at least 4 members (excludes halogenated alkanes) is 12. The van der Waals surface area contributed by atoms with Crippen LogP contribution in [0.15, 0.2) is 0 Å². The average Bonchev–Trinajstić information content (AvgIpc) is 2.62. The van der Waals surface area contributed by atoms with Crippen LogP contribution in [0.5, 0.6) is 0 Å². The maximum Gasteiger partial charge on any atom is 0.249 e. The maximum atomic E-state index is 11.9. The first-order valence-corrected chi connectivity index (χ1v) is 10.6. The Kier molecular flexibility index (Phi) is 15.6. The normalized spacial score (nSPS) is 11.7. The van der Waals surface area contributed by atoms with Crippen molar-refractivity contribution in [3.05, 3.63) is 0 Å². The Balaban J connectivity index is 3.51. The third-order valence-electron chi connectivity index (χ3n) is 5.70. The van der Waals surface area contributed by atoms with Gasteiger partial charge in [0.2, 0.25) is 5.91 Å². The summed E-state index contributed by atoms with van der Waals surface area (Å²) in [4.78, 5) is 11.9. The number of carbonyl (C=O) groups is 1. The van der Waals surface area contributed by atoms with Crippen LogP contribution in [0.3, 0.4) is 0 Å². The van der Waals surface area contributed by atoms with Gasteiger partial charge in [0.1, 0.15) is 0 Å². The molecule has 0 unspecified atom stereocenters. The highest BCUT2D eigenvalue weighted by Gasteiger charge is 2.33. The largest absolute Gasteiger partial charge is 0.289 e. The molecule has 0 aliphatic heterocycles. The predicted molar refractivity (Wildman–Crippen MR) is 103 cm³/mol. The number of amides is 1. The van der Waals surface area contributed by atoms with Crippen LogP contribution >= 0.6 is 0 Å². The molecule has 144 valence electrons. The third-order valence-corrected chi connectivity index (χ3v) is 5.70. The molecule has 0 fully saturated rings. The van der Waals surface area contributed by atoms with Crippen molar-refractivity contribution in [3.8, 4) is 0 Å². The van der Waals surface area contributed by atoms with Crippen molar-refractivity contribution >= 4 is 5.91 Å². The summed E-state index contributed by atoms with van der Waals surface area (Å²) in [5, 5.41) is 8.94. The number of nitrogens with one attached hydrogen (secondary N) is 1. The fourth-order valence-electron chi connectivity index (χ4n) is 3.64. The van der Waals surface area contributed by atoms with Crippen LogP contribution in [0.4, 0.5) is 0 Å². The summed E-state index contributed by atoms with van der Waals surface area (Å²) in [5.41, 5.74) is 1.50. The molecule has 0 rings (SSSR count). The van der Waals surface area contributed by atoms with E-state index in [-0.39, 0.29) is 11.3 Å². The van der Waals surface area contributed by atoms with Crippen molar-refractivity contribution in [3.63, 3.8) is 0 Å². The highest BCUT2D eigenvalue weighted by atomic mass is 16.5. The maximum absolute atomic E-state index is 11.9. The number of hydroxylamine groups is 1. The fraction of sp³-hybridized carbons (Fsp3) is 0.952. The van der Waals surface area contributed by atoms with E-state index in [2.05, 4.69) is 6.92 Å². The van der Waals surface area contributed by atoms with E-state index in [9.17, 15) is 4.79 Å². The van der Waals surface area contributed by atoms with Crippen LogP contribution in [-0.4, -0.2) is 11.1 Å². The lowest BCUT2D eigenvalue weighted by Gasteiger charge is -2.29. The van der Waals surface area contributed by atoms with Crippen molar-refractivity contribution < 1.29 is 10.0 Å². The number of hydrogen-bond donors (Lipinski definition) is 2. The molecule has 2 N–H and O–H groups in total. The van der Waals surface area contributed by atoms with E-state index in [1.54, 1.807) is 0 Å². The van der Waals surface area contributed by atoms with Gasteiger partial charge in [-0.1, -0.05) is 104 Å². The molecule has 0 saturated carbocycles. The lowest BCUT2D eigenvalue weighted by molar-refractivity contribution is -0.141. The Hall–Kier alpha value is -0.570. The summed E-state index contributed by atoms with van der Waals surface area (Å²) in [6, 6.07) is 0.